The van der Waals surface area contributed by atoms with Gasteiger partial charge in [-0.05, 0) is 12.2 Å². The van der Waals surface area contributed by atoms with Crippen LogP contribution in [0.25, 0.3) is 11.4 Å². The fourth-order valence-corrected chi connectivity index (χ4v) is 1.32. The molecule has 1 aromatic heterocycles. The fraction of sp³-hybridized carbons (Fsp3) is 0.111. The van der Waals surface area contributed by atoms with Crippen LogP contribution in [-0.2, 0) is 7.05 Å². The molecule has 5 heteroatoms. The fourth-order valence-electron chi connectivity index (χ4n) is 1.19. The summed E-state index contributed by atoms with van der Waals surface area (Å²) >= 11 is 5.02. The Labute approximate surface area is 94.2 Å². The van der Waals surface area contributed by atoms with Crippen molar-refractivity contribution in [2.24, 2.45) is 7.05 Å². The van der Waals surface area contributed by atoms with E-state index in [0.717, 1.165) is 11.4 Å². The summed E-state index contributed by atoms with van der Waals surface area (Å²) in [7, 11) is 1.90. The second-order valence-corrected chi connectivity index (χ2v) is 3.16. The minimum Gasteiger partial charge on any atom is -0.303 e. The second kappa shape index (κ2) is 4.43. The van der Waals surface area contributed by atoms with Gasteiger partial charge in [0.25, 0.3) is 0 Å². The van der Waals surface area contributed by atoms with E-state index < -0.39 is 0 Å². The van der Waals surface area contributed by atoms with E-state index in [9.17, 15) is 0 Å². The van der Waals surface area contributed by atoms with Crippen molar-refractivity contribution in [3.8, 4) is 11.4 Å². The van der Waals surface area contributed by atoms with E-state index in [4.69, 9.17) is 12.2 Å². The summed E-state index contributed by atoms with van der Waals surface area (Å²) in [4.78, 5) is 0. The van der Waals surface area contributed by atoms with E-state index in [-0.39, 0.29) is 13.5 Å². The highest BCUT2D eigenvalue weighted by Crippen LogP contribution is 2.14. The zero-order valence-corrected chi connectivity index (χ0v) is 9.51. The minimum atomic E-state index is 0. The van der Waals surface area contributed by atoms with Gasteiger partial charge >= 0.3 is 0 Å². The van der Waals surface area contributed by atoms with Gasteiger partial charge in [-0.3, -0.25) is 5.10 Å². The van der Waals surface area contributed by atoms with Crippen molar-refractivity contribution in [1.29, 1.82) is 0 Å². The summed E-state index contributed by atoms with van der Waals surface area (Å²) < 4.78 is 2.49. The van der Waals surface area contributed by atoms with E-state index in [1.54, 1.807) is 0 Å². The first-order valence-corrected chi connectivity index (χ1v) is 4.36. The zero-order chi connectivity index (χ0) is 9.26. The Kier molecular flexibility index (Phi) is 3.49. The smallest absolute Gasteiger partial charge is 0.195 e. The summed E-state index contributed by atoms with van der Waals surface area (Å²) in [5.41, 5.74) is 1.07. The van der Waals surface area contributed by atoms with Crippen molar-refractivity contribution in [2.45, 2.75) is 0 Å². The third-order valence-electron chi connectivity index (χ3n) is 1.91. The van der Waals surface area contributed by atoms with Gasteiger partial charge in [-0.2, -0.15) is 18.6 Å². The molecule has 0 spiro atoms. The lowest BCUT2D eigenvalue weighted by Crippen LogP contribution is -1.91. The predicted octanol–water partition coefficient (Wildman–Crippen LogP) is 2.26. The minimum absolute atomic E-state index is 0. The molecule has 3 nitrogen and oxygen atoms in total. The number of hydrogen-bond donors (Lipinski definition) is 1. The van der Waals surface area contributed by atoms with Crippen molar-refractivity contribution in [3.63, 3.8) is 0 Å². The molecule has 0 aliphatic heterocycles. The highest BCUT2D eigenvalue weighted by Gasteiger charge is 2.02. The molecule has 0 saturated heterocycles. The first-order valence-electron chi connectivity index (χ1n) is 3.96. The Balaban J connectivity index is 0.000000980. The van der Waals surface area contributed by atoms with Gasteiger partial charge < -0.3 is 4.57 Å². The molecule has 0 saturated carbocycles. The summed E-state index contributed by atoms with van der Waals surface area (Å²) in [5, 5.41) is 6.88. The van der Waals surface area contributed by atoms with E-state index in [0.29, 0.717) is 4.77 Å². The van der Waals surface area contributed by atoms with Crippen molar-refractivity contribution in [2.75, 3.05) is 0 Å². The largest absolute Gasteiger partial charge is 0.303 e. The molecule has 2 rings (SSSR count). The molecular weight excluding hydrogens is 214 g/mol. The van der Waals surface area contributed by atoms with Crippen LogP contribution in [0.1, 0.15) is 0 Å². The number of hydrogen-bond acceptors (Lipinski definition) is 2. The average Bonchev–Trinajstić information content (AvgIpc) is 2.49. The Morgan fingerprint density at radius 1 is 1.29 bits per heavy atom. The van der Waals surface area contributed by atoms with Gasteiger partial charge in [-0.15, -0.1) is 0 Å². The number of H-pyrrole nitrogens is 1. The van der Waals surface area contributed by atoms with E-state index in [2.05, 4.69) is 10.2 Å². The summed E-state index contributed by atoms with van der Waals surface area (Å²) in [6.45, 7) is 0. The first kappa shape index (κ1) is 11.0. The molecule has 1 heterocycles. The molecule has 0 atom stereocenters. The van der Waals surface area contributed by atoms with Gasteiger partial charge in [0.05, 0.1) is 0 Å². The quantitative estimate of drug-likeness (QED) is 0.755. The third-order valence-corrected chi connectivity index (χ3v) is 2.28. The molecular formula is C9H11N3S2. The number of aromatic nitrogens is 3. The standard InChI is InChI=1S/C9H9N3S.H2S/c1-12-8(10-11-9(12)13)7-5-3-2-4-6-7;/h2-6H,1H3,(H,11,13);1H2. The molecule has 1 aromatic carbocycles. The van der Waals surface area contributed by atoms with Crippen LogP contribution in [0, 0.1) is 4.77 Å². The normalized spacial score (nSPS) is 9.50. The maximum Gasteiger partial charge on any atom is 0.195 e. The van der Waals surface area contributed by atoms with Gasteiger partial charge in [-0.1, -0.05) is 30.3 Å². The number of benzene rings is 1. The molecule has 0 amide bonds. The maximum atomic E-state index is 5.02. The molecule has 0 bridgehead atoms. The van der Waals surface area contributed by atoms with Crippen LogP contribution in [0.3, 0.4) is 0 Å². The summed E-state index contributed by atoms with van der Waals surface area (Å²) in [6.07, 6.45) is 0. The molecule has 14 heavy (non-hydrogen) atoms. The first-order chi connectivity index (χ1) is 6.29. The van der Waals surface area contributed by atoms with Gasteiger partial charge in [0.2, 0.25) is 0 Å². The monoisotopic (exact) mass is 225 g/mol. The Morgan fingerprint density at radius 3 is 2.43 bits per heavy atom. The van der Waals surface area contributed by atoms with Crippen LogP contribution < -0.4 is 0 Å². The molecule has 2 aromatic rings. The summed E-state index contributed by atoms with van der Waals surface area (Å²) in [6, 6.07) is 9.95. The number of nitrogens with zero attached hydrogens (tertiary/aromatic N) is 2. The topological polar surface area (TPSA) is 33.6 Å². The molecule has 0 aliphatic carbocycles. The van der Waals surface area contributed by atoms with Crippen molar-refractivity contribution in [3.05, 3.63) is 35.1 Å². The number of rotatable bonds is 1. The highest BCUT2D eigenvalue weighted by atomic mass is 32.1. The molecule has 0 radical (unpaired) electrons. The third kappa shape index (κ3) is 1.88. The predicted molar refractivity (Wildman–Crippen MR) is 64.2 cm³/mol. The Bertz CT molecular complexity index is 458. The van der Waals surface area contributed by atoms with Crippen molar-refractivity contribution >= 4 is 25.7 Å². The van der Waals surface area contributed by atoms with Gasteiger partial charge in [0.15, 0.2) is 10.6 Å². The summed E-state index contributed by atoms with van der Waals surface area (Å²) in [5.74, 6) is 0.866. The molecule has 0 unspecified atom stereocenters. The van der Waals surface area contributed by atoms with E-state index >= 15 is 0 Å². The Morgan fingerprint density at radius 2 is 1.93 bits per heavy atom. The van der Waals surface area contributed by atoms with Crippen LogP contribution in [-0.4, -0.2) is 14.8 Å². The average molecular weight is 225 g/mol. The lowest BCUT2D eigenvalue weighted by molar-refractivity contribution is 0.902. The maximum absolute atomic E-state index is 5.02. The Hall–Kier alpha value is -1.07. The van der Waals surface area contributed by atoms with E-state index in [1.165, 1.54) is 0 Å². The van der Waals surface area contributed by atoms with Crippen molar-refractivity contribution in [1.82, 2.24) is 14.8 Å². The van der Waals surface area contributed by atoms with Gasteiger partial charge in [0, 0.05) is 12.6 Å². The van der Waals surface area contributed by atoms with Gasteiger partial charge in [0.1, 0.15) is 0 Å². The van der Waals surface area contributed by atoms with Crippen LogP contribution in [0.15, 0.2) is 30.3 Å². The van der Waals surface area contributed by atoms with Crippen LogP contribution in [0.4, 0.5) is 0 Å². The van der Waals surface area contributed by atoms with Crippen LogP contribution >= 0.6 is 25.7 Å². The van der Waals surface area contributed by atoms with Gasteiger partial charge in [-0.25, -0.2) is 0 Å². The SMILES string of the molecule is Cn1c(-c2ccccc2)n[nH]c1=S.S. The van der Waals surface area contributed by atoms with Crippen molar-refractivity contribution < 1.29 is 0 Å². The molecule has 74 valence electrons. The molecule has 1 N–H and O–H groups in total. The lowest BCUT2D eigenvalue weighted by Gasteiger charge is -1.98. The van der Waals surface area contributed by atoms with Crippen LogP contribution in [0.5, 0.6) is 0 Å². The van der Waals surface area contributed by atoms with E-state index in [1.807, 2.05) is 41.9 Å². The lowest BCUT2D eigenvalue weighted by atomic mass is 10.2. The molecule has 0 fully saturated rings. The zero-order valence-electron chi connectivity index (χ0n) is 7.69. The highest BCUT2D eigenvalue weighted by molar-refractivity contribution is 7.71. The molecule has 0 aliphatic rings. The number of aromatic amines is 1. The number of nitrogens with one attached hydrogen (secondary N) is 1. The van der Waals surface area contributed by atoms with Crippen LogP contribution in [0.2, 0.25) is 0 Å². The second-order valence-electron chi connectivity index (χ2n) is 2.78.